The van der Waals surface area contributed by atoms with Crippen molar-refractivity contribution in [2.45, 2.75) is 13.0 Å². The number of rotatable bonds is 7. The number of halogens is 1. The van der Waals surface area contributed by atoms with Crippen molar-refractivity contribution in [2.24, 2.45) is 0 Å². The molecule has 1 aliphatic heterocycles. The van der Waals surface area contributed by atoms with E-state index in [2.05, 4.69) is 5.32 Å². The van der Waals surface area contributed by atoms with Crippen LogP contribution in [-0.4, -0.2) is 51.3 Å². The Morgan fingerprint density at radius 3 is 2.44 bits per heavy atom. The summed E-state index contributed by atoms with van der Waals surface area (Å²) in [5.41, 5.74) is 0.246. The van der Waals surface area contributed by atoms with E-state index < -0.39 is 5.82 Å². The van der Waals surface area contributed by atoms with Gasteiger partial charge in [0.05, 0.1) is 5.69 Å². The Balaban J connectivity index is 1.40. The molecule has 2 aromatic carbocycles. The number of carbonyl (C=O) groups excluding carboxylic acids is 1. The van der Waals surface area contributed by atoms with Crippen LogP contribution in [0.5, 0.6) is 5.75 Å². The summed E-state index contributed by atoms with van der Waals surface area (Å²) in [5, 5.41) is 2.71. The first-order chi connectivity index (χ1) is 13.1. The van der Waals surface area contributed by atoms with Crippen molar-refractivity contribution in [2.75, 3.05) is 44.6 Å². The summed E-state index contributed by atoms with van der Waals surface area (Å²) in [4.78, 5) is 15.2. The highest BCUT2D eigenvalue weighted by Gasteiger charge is 2.31. The zero-order valence-corrected chi connectivity index (χ0v) is 15.7. The van der Waals surface area contributed by atoms with Gasteiger partial charge in [0.25, 0.3) is 5.91 Å². The van der Waals surface area contributed by atoms with Crippen LogP contribution in [0, 0.1) is 5.82 Å². The van der Waals surface area contributed by atoms with E-state index in [1.165, 1.54) is 15.9 Å². The Hall–Kier alpha value is -2.44. The first-order valence-corrected chi connectivity index (χ1v) is 9.55. The molecule has 0 bridgehead atoms. The van der Waals surface area contributed by atoms with E-state index >= 15 is 0 Å². The van der Waals surface area contributed by atoms with E-state index in [9.17, 15) is 9.18 Å². The predicted octanol–water partition coefficient (Wildman–Crippen LogP) is 0.0151. The molecule has 6 heteroatoms. The Labute approximate surface area is 159 Å². The van der Waals surface area contributed by atoms with Crippen molar-refractivity contribution in [3.05, 3.63) is 60.4 Å². The molecule has 2 aromatic rings. The predicted molar refractivity (Wildman–Crippen MR) is 103 cm³/mol. The molecule has 27 heavy (non-hydrogen) atoms. The summed E-state index contributed by atoms with van der Waals surface area (Å²) in [6.45, 7) is 7.42. The van der Waals surface area contributed by atoms with Gasteiger partial charge in [-0.25, -0.2) is 4.39 Å². The van der Waals surface area contributed by atoms with Gasteiger partial charge in [-0.1, -0.05) is 30.3 Å². The van der Waals surface area contributed by atoms with Gasteiger partial charge in [0, 0.05) is 0 Å². The van der Waals surface area contributed by atoms with E-state index in [0.717, 1.165) is 38.5 Å². The van der Waals surface area contributed by atoms with Crippen LogP contribution in [0.4, 0.5) is 10.1 Å². The van der Waals surface area contributed by atoms with Crippen LogP contribution in [0.15, 0.2) is 54.6 Å². The van der Waals surface area contributed by atoms with Crippen LogP contribution in [0.3, 0.4) is 0 Å². The second-order valence-corrected chi connectivity index (χ2v) is 7.01. The lowest BCUT2D eigenvalue weighted by atomic mass is 10.2. The number of quaternary nitrogens is 2. The molecule has 0 aromatic heterocycles. The minimum absolute atomic E-state index is 0.133. The third-order valence-corrected chi connectivity index (χ3v) is 5.20. The van der Waals surface area contributed by atoms with Gasteiger partial charge in [-0.2, -0.15) is 0 Å². The first-order valence-electron chi connectivity index (χ1n) is 9.55. The van der Waals surface area contributed by atoms with Crippen LogP contribution >= 0.6 is 0 Å². The van der Waals surface area contributed by atoms with Gasteiger partial charge in [-0.05, 0) is 31.2 Å². The van der Waals surface area contributed by atoms with E-state index in [1.54, 1.807) is 18.2 Å². The van der Waals surface area contributed by atoms with Crippen LogP contribution < -0.4 is 19.9 Å². The number of carbonyl (C=O) groups is 1. The average Bonchev–Trinajstić information content (AvgIpc) is 2.70. The van der Waals surface area contributed by atoms with E-state index in [4.69, 9.17) is 4.74 Å². The molecule has 0 aliphatic carbocycles. The highest BCUT2D eigenvalue weighted by Crippen LogP contribution is 2.12. The number of hydrogen-bond acceptors (Lipinski definition) is 2. The molecule has 144 valence electrons. The molecule has 5 nitrogen and oxygen atoms in total. The van der Waals surface area contributed by atoms with Crippen LogP contribution in [0.25, 0.3) is 0 Å². The molecule has 1 atom stereocenters. The highest BCUT2D eigenvalue weighted by molar-refractivity contribution is 5.93. The van der Waals surface area contributed by atoms with Crippen molar-refractivity contribution in [3.63, 3.8) is 0 Å². The number of nitrogens with one attached hydrogen (secondary N) is 3. The molecule has 1 fully saturated rings. The average molecular weight is 373 g/mol. The molecule has 1 saturated heterocycles. The number of anilines is 1. The Kier molecular flexibility index (Phi) is 6.79. The summed E-state index contributed by atoms with van der Waals surface area (Å²) in [6.07, 6.45) is 0. The van der Waals surface area contributed by atoms with Crippen LogP contribution in [-0.2, 0) is 4.79 Å². The second-order valence-electron chi connectivity index (χ2n) is 7.01. The van der Waals surface area contributed by atoms with Gasteiger partial charge in [0.15, 0.2) is 6.04 Å². The molecule has 0 radical (unpaired) electrons. The maximum Gasteiger partial charge on any atom is 0.282 e. The number of amides is 1. The number of ether oxygens (including phenoxy) is 1. The zero-order chi connectivity index (χ0) is 19.1. The lowest BCUT2D eigenvalue weighted by molar-refractivity contribution is -1.02. The molecular formula is C21H28FN3O2+2. The monoisotopic (exact) mass is 373 g/mol. The van der Waals surface area contributed by atoms with Crippen molar-refractivity contribution >= 4 is 11.6 Å². The smallest absolute Gasteiger partial charge is 0.282 e. The Morgan fingerprint density at radius 2 is 1.74 bits per heavy atom. The largest absolute Gasteiger partial charge is 0.488 e. The number of para-hydroxylation sites is 2. The molecule has 1 amide bonds. The molecule has 1 heterocycles. The number of benzene rings is 2. The highest BCUT2D eigenvalue weighted by atomic mass is 19.1. The van der Waals surface area contributed by atoms with Gasteiger partial charge < -0.3 is 19.9 Å². The summed E-state index contributed by atoms with van der Waals surface area (Å²) < 4.78 is 19.5. The Morgan fingerprint density at radius 1 is 1.07 bits per heavy atom. The Bertz CT molecular complexity index is 733. The van der Waals surface area contributed by atoms with Crippen LogP contribution in [0.2, 0.25) is 0 Å². The number of hydrogen-bond donors (Lipinski definition) is 3. The van der Waals surface area contributed by atoms with Gasteiger partial charge >= 0.3 is 0 Å². The van der Waals surface area contributed by atoms with Gasteiger partial charge in [0.2, 0.25) is 0 Å². The second kappa shape index (κ2) is 9.48. The lowest BCUT2D eigenvalue weighted by Crippen LogP contribution is -3.30. The molecule has 0 unspecified atom stereocenters. The first kappa shape index (κ1) is 19.3. The van der Waals surface area contributed by atoms with E-state index in [-0.39, 0.29) is 17.6 Å². The third kappa shape index (κ3) is 5.52. The fourth-order valence-corrected chi connectivity index (χ4v) is 3.43. The van der Waals surface area contributed by atoms with Gasteiger partial charge in [-0.3, -0.25) is 4.79 Å². The van der Waals surface area contributed by atoms with Crippen LogP contribution in [0.1, 0.15) is 6.92 Å². The standard InChI is InChI=1S/C21H26FN3O2/c1-17(21(26)23-20-10-6-5-9-19(20)22)25-13-11-24(12-14-25)15-16-27-18-7-3-2-4-8-18/h2-10,17H,11-16H2,1H3,(H,23,26)/p+2/t17-/m1/s1. The maximum atomic E-state index is 13.7. The molecule has 0 saturated carbocycles. The van der Waals surface area contributed by atoms with E-state index in [1.807, 2.05) is 37.3 Å². The zero-order valence-electron chi connectivity index (χ0n) is 15.7. The normalized spacial score (nSPS) is 20.7. The maximum absolute atomic E-state index is 13.7. The molecular weight excluding hydrogens is 345 g/mol. The molecule has 3 rings (SSSR count). The summed E-state index contributed by atoms with van der Waals surface area (Å²) >= 11 is 0. The quantitative estimate of drug-likeness (QED) is 0.641. The fourth-order valence-electron chi connectivity index (χ4n) is 3.43. The summed E-state index contributed by atoms with van der Waals surface area (Å²) in [7, 11) is 0. The molecule has 1 aliphatic rings. The number of piperazine rings is 1. The minimum Gasteiger partial charge on any atom is -0.488 e. The summed E-state index contributed by atoms with van der Waals surface area (Å²) in [6, 6.07) is 15.9. The van der Waals surface area contributed by atoms with Crippen molar-refractivity contribution < 1.29 is 23.7 Å². The summed E-state index contributed by atoms with van der Waals surface area (Å²) in [5.74, 6) is 0.367. The van der Waals surface area contributed by atoms with Crippen molar-refractivity contribution in [1.82, 2.24) is 0 Å². The van der Waals surface area contributed by atoms with E-state index in [0.29, 0.717) is 6.61 Å². The topological polar surface area (TPSA) is 47.2 Å². The molecule has 3 N–H and O–H groups in total. The minimum atomic E-state index is -0.402. The van der Waals surface area contributed by atoms with Gasteiger partial charge in [-0.15, -0.1) is 0 Å². The van der Waals surface area contributed by atoms with Crippen molar-refractivity contribution in [1.29, 1.82) is 0 Å². The molecule has 0 spiro atoms. The fraction of sp³-hybridized carbons (Fsp3) is 0.381. The van der Waals surface area contributed by atoms with Crippen molar-refractivity contribution in [3.8, 4) is 5.75 Å². The lowest BCUT2D eigenvalue weighted by Gasteiger charge is -2.32. The van der Waals surface area contributed by atoms with Gasteiger partial charge in [0.1, 0.15) is 50.9 Å². The third-order valence-electron chi connectivity index (χ3n) is 5.20. The SMILES string of the molecule is C[C@H](C(=O)Nc1ccccc1F)[NH+]1CC[NH+](CCOc2ccccc2)CC1.